The fourth-order valence-corrected chi connectivity index (χ4v) is 5.67. The molecule has 9 rings (SSSR count). The molecular weight excluding hydrogens is 906 g/mol. The third-order valence-electron chi connectivity index (χ3n) is 8.14. The second kappa shape index (κ2) is 21.9. The molecule has 0 spiro atoms. The number of halogens is 2. The quantitative estimate of drug-likeness (QED) is 0.0880. The zero-order chi connectivity index (χ0) is 44.8. The molecule has 0 bridgehead atoms. The van der Waals surface area contributed by atoms with Crippen LogP contribution in [0.25, 0.3) is 39.5 Å². The zero-order valence-electron chi connectivity index (χ0n) is 31.6. The first-order valence-electron chi connectivity index (χ1n) is 17.4. The third-order valence-corrected chi connectivity index (χ3v) is 8.93. The Balaban J connectivity index is 0.000000157. The van der Waals surface area contributed by atoms with Gasteiger partial charge in [0.15, 0.2) is 16.9 Å². The maximum atomic E-state index is 10.8. The van der Waals surface area contributed by atoms with Crippen molar-refractivity contribution in [3.05, 3.63) is 167 Å². The molecule has 9 aromatic rings. The number of aromatic carboxylic acids is 3. The van der Waals surface area contributed by atoms with Gasteiger partial charge >= 0.3 is 49.8 Å². The van der Waals surface area contributed by atoms with Gasteiger partial charge in [-0.15, -0.1) is 0 Å². The normalized spacial score (nSPS) is 10.1. The van der Waals surface area contributed by atoms with Crippen molar-refractivity contribution in [3.63, 3.8) is 0 Å². The van der Waals surface area contributed by atoms with Crippen LogP contribution < -0.4 is 5.46 Å². The van der Waals surface area contributed by atoms with E-state index in [1.165, 1.54) is 24.3 Å². The van der Waals surface area contributed by atoms with Crippen molar-refractivity contribution in [1.82, 2.24) is 43.6 Å². The number of imidazole rings is 3. The number of hydrogen-bond donors (Lipinski definition) is 6. The summed E-state index contributed by atoms with van der Waals surface area (Å²) in [7, 11) is 2.79. The SMILES string of the molecule is Clc1ccc2nccn2n1.O=C(O)c1ccc(-c2ccc3nccn3n2)cc1.O=C(O)c1ccc(-c2cn3c(Br)cnc3cn2)cc1.O=C(O)c1ccc(B(O)O)cc1.[B]=NS. The standard InChI is InChI=1S/C13H8BrN3O2.C13H9N3O2.C7H7BO4.C6H4ClN3.BHNS/c14-11-5-16-12-6-15-10(7-17(11)12)8-1-3-9(4-2-8)13(18)19;17-13(18)10-3-1-9(2-4-10)11-5-6-12-14-7-8-16(12)15-11;9-7(10)5-1-3-6(4-2-5)8(11)12;7-5-1-2-6-8-3-4-10(6)9-5;1-2-3/h1-7H,(H,18,19);1-8H,(H,17,18);1-4,11-12H,(H,9,10);1-4H;3H. The van der Waals surface area contributed by atoms with Crippen molar-refractivity contribution in [3.8, 4) is 22.5 Å². The molecule has 62 heavy (non-hydrogen) atoms. The summed E-state index contributed by atoms with van der Waals surface area (Å²) >= 11 is 12.2. The van der Waals surface area contributed by atoms with Crippen molar-refractivity contribution in [2.45, 2.75) is 0 Å². The van der Waals surface area contributed by atoms with Gasteiger partial charge in [0.25, 0.3) is 0 Å². The molecule has 309 valence electrons. The average molecular weight is 935 g/mol. The molecule has 18 nitrogen and oxygen atoms in total. The summed E-state index contributed by atoms with van der Waals surface area (Å²) in [6, 6.07) is 25.8. The number of carboxylic acid groups (broad SMARTS) is 3. The Bertz CT molecular complexity index is 2960. The number of thiol groups is 1. The summed E-state index contributed by atoms with van der Waals surface area (Å²) in [5.74, 6) is -2.90. The van der Waals surface area contributed by atoms with Crippen molar-refractivity contribution < 1.29 is 39.8 Å². The van der Waals surface area contributed by atoms with Crippen molar-refractivity contribution in [2.24, 2.45) is 4.30 Å². The average Bonchev–Trinajstić information content (AvgIpc) is 4.04. The van der Waals surface area contributed by atoms with Crippen LogP contribution in [0.15, 0.2) is 149 Å². The van der Waals surface area contributed by atoms with Crippen LogP contribution in [0.2, 0.25) is 5.15 Å². The van der Waals surface area contributed by atoms with Crippen molar-refractivity contribution in [1.29, 1.82) is 0 Å². The van der Waals surface area contributed by atoms with E-state index in [1.807, 2.05) is 28.8 Å². The number of aromatic nitrogens is 9. The van der Waals surface area contributed by atoms with Gasteiger partial charge in [-0.3, -0.25) is 9.38 Å². The van der Waals surface area contributed by atoms with E-state index in [9.17, 15) is 14.4 Å². The molecule has 0 amide bonds. The zero-order valence-corrected chi connectivity index (χ0v) is 34.8. The molecule has 5 N–H and O–H groups in total. The Kier molecular flexibility index (Phi) is 16.3. The molecule has 0 saturated heterocycles. The Morgan fingerprint density at radius 2 is 1.10 bits per heavy atom. The van der Waals surface area contributed by atoms with E-state index in [0.717, 1.165) is 44.1 Å². The molecule has 0 aliphatic carbocycles. The minimum atomic E-state index is -1.55. The summed E-state index contributed by atoms with van der Waals surface area (Å²) in [5, 5.41) is 52.3. The van der Waals surface area contributed by atoms with Gasteiger partial charge in [-0.05, 0) is 82.1 Å². The van der Waals surface area contributed by atoms with E-state index in [1.54, 1.807) is 101 Å². The van der Waals surface area contributed by atoms with Crippen LogP contribution in [0.4, 0.5) is 0 Å². The van der Waals surface area contributed by atoms with Crippen LogP contribution in [0.3, 0.4) is 0 Å². The van der Waals surface area contributed by atoms with Crippen LogP contribution in [-0.4, -0.2) is 102 Å². The molecule has 6 heterocycles. The van der Waals surface area contributed by atoms with Gasteiger partial charge in [0, 0.05) is 42.1 Å². The Morgan fingerprint density at radius 1 is 0.629 bits per heavy atom. The Morgan fingerprint density at radius 3 is 1.60 bits per heavy atom. The fraction of sp³-hybridized carbons (Fsp3) is 0. The summed E-state index contributed by atoms with van der Waals surface area (Å²) in [5.41, 5.74) is 6.52. The van der Waals surface area contributed by atoms with E-state index >= 15 is 0 Å². The first-order valence-corrected chi connectivity index (χ1v) is 19.0. The van der Waals surface area contributed by atoms with Crippen LogP contribution in [0, 0.1) is 0 Å². The van der Waals surface area contributed by atoms with Gasteiger partial charge in [-0.25, -0.2) is 38.4 Å². The summed E-state index contributed by atoms with van der Waals surface area (Å²) in [4.78, 5) is 48.5. The first kappa shape index (κ1) is 46.0. The Labute approximate surface area is 370 Å². The molecular formula is C39H29B2BrClN10O8S. The minimum absolute atomic E-state index is 0.124. The third kappa shape index (κ3) is 12.5. The first-order chi connectivity index (χ1) is 29.8. The molecule has 0 unspecified atom stereocenters. The van der Waals surface area contributed by atoms with Crippen LogP contribution in [0.5, 0.6) is 0 Å². The predicted octanol–water partition coefficient (Wildman–Crippen LogP) is 5.58. The molecule has 0 aliphatic rings. The number of carbonyl (C=O) groups is 3. The molecule has 6 aromatic heterocycles. The van der Waals surface area contributed by atoms with Gasteiger partial charge < -0.3 is 25.4 Å². The molecule has 3 aromatic carbocycles. The van der Waals surface area contributed by atoms with Crippen LogP contribution in [-0.2, 0) is 0 Å². The Hall–Kier alpha value is -7.10. The van der Waals surface area contributed by atoms with E-state index in [2.05, 4.69) is 70.8 Å². The van der Waals surface area contributed by atoms with Gasteiger partial charge in [0.1, 0.15) is 9.76 Å². The molecule has 0 fully saturated rings. The monoisotopic (exact) mass is 933 g/mol. The van der Waals surface area contributed by atoms with Crippen LogP contribution >= 0.6 is 40.3 Å². The van der Waals surface area contributed by atoms with E-state index < -0.39 is 25.0 Å². The summed E-state index contributed by atoms with van der Waals surface area (Å²) in [6.45, 7) is 0. The number of carboxylic acids is 3. The van der Waals surface area contributed by atoms with Gasteiger partial charge in [0.2, 0.25) is 0 Å². The number of rotatable bonds is 6. The molecule has 0 atom stereocenters. The molecule has 1 radical (unpaired) electrons. The maximum absolute atomic E-state index is 10.8. The predicted molar refractivity (Wildman–Crippen MR) is 237 cm³/mol. The second-order valence-corrected chi connectivity index (χ2v) is 13.5. The van der Waals surface area contributed by atoms with Crippen molar-refractivity contribution >= 4 is 95.4 Å². The van der Waals surface area contributed by atoms with E-state index in [-0.39, 0.29) is 22.2 Å². The number of nitrogens with zero attached hydrogens (tertiary/aromatic N) is 10. The van der Waals surface area contributed by atoms with Gasteiger partial charge in [-0.1, -0.05) is 48.0 Å². The number of fused-ring (bicyclic) bond motifs is 3. The topological polar surface area (TPSA) is 255 Å². The van der Waals surface area contributed by atoms with Gasteiger partial charge in [-0.2, -0.15) is 10.2 Å². The fourth-order valence-electron chi connectivity index (χ4n) is 5.13. The van der Waals surface area contributed by atoms with E-state index in [4.69, 9.17) is 37.0 Å². The summed E-state index contributed by atoms with van der Waals surface area (Å²) in [6.07, 6.45) is 12.1. The second-order valence-electron chi connectivity index (χ2n) is 12.1. The molecule has 23 heteroatoms. The number of benzene rings is 3. The van der Waals surface area contributed by atoms with Gasteiger partial charge in [0.05, 0.1) is 40.5 Å². The molecule has 0 saturated carbocycles. The van der Waals surface area contributed by atoms with E-state index in [0.29, 0.717) is 5.15 Å². The molecule has 0 aliphatic heterocycles. The van der Waals surface area contributed by atoms with Crippen LogP contribution in [0.1, 0.15) is 31.1 Å². The number of hydrogen-bond acceptors (Lipinski definition) is 13. The van der Waals surface area contributed by atoms with Crippen molar-refractivity contribution in [2.75, 3.05) is 0 Å². The summed E-state index contributed by atoms with van der Waals surface area (Å²) < 4.78 is 8.71.